The van der Waals surface area contributed by atoms with Gasteiger partial charge in [-0.15, -0.1) is 0 Å². The van der Waals surface area contributed by atoms with Crippen LogP contribution in [0.1, 0.15) is 5.56 Å². The Morgan fingerprint density at radius 2 is 2.38 bits per heavy atom. The smallest absolute Gasteiger partial charge is 0.326 e. The third kappa shape index (κ3) is 3.23. The van der Waals surface area contributed by atoms with E-state index in [9.17, 15) is 4.39 Å². The Kier molecular flexibility index (Phi) is 4.65. The van der Waals surface area contributed by atoms with Gasteiger partial charge in [0.1, 0.15) is 5.82 Å². The summed E-state index contributed by atoms with van der Waals surface area (Å²) in [5.41, 5.74) is 1.09. The topological polar surface area (TPSA) is 32.3 Å². The fourth-order valence-corrected chi connectivity index (χ4v) is 1.33. The summed E-state index contributed by atoms with van der Waals surface area (Å²) < 4.78 is 15.9. The second-order valence-electron chi connectivity index (χ2n) is 2.39. The minimum Gasteiger partial charge on any atom is -0.450 e. The molecule has 0 saturated carbocycles. The zero-order valence-electron chi connectivity index (χ0n) is 6.70. The quantitative estimate of drug-likeness (QED) is 0.299. The highest BCUT2D eigenvalue weighted by atomic mass is 33.1. The first-order valence-corrected chi connectivity index (χ1v) is 5.44. The highest BCUT2D eigenvalue weighted by Gasteiger charge is 2.03. The molecule has 0 bridgehead atoms. The molecule has 0 spiro atoms. The Bertz CT molecular complexity index is 287. The zero-order chi connectivity index (χ0) is 9.68. The van der Waals surface area contributed by atoms with Gasteiger partial charge >= 0.3 is 7.48 Å². The van der Waals surface area contributed by atoms with E-state index in [1.807, 2.05) is 0 Å². The van der Waals surface area contributed by atoms with E-state index in [2.05, 4.69) is 16.4 Å². The first kappa shape index (κ1) is 10.9. The predicted octanol–water partition coefficient (Wildman–Crippen LogP) is 0.645. The molecule has 0 aliphatic heterocycles. The average molecular weight is 216 g/mol. The van der Waals surface area contributed by atoms with Crippen LogP contribution in [-0.2, 0) is 6.54 Å². The van der Waals surface area contributed by atoms with Crippen molar-refractivity contribution in [3.8, 4) is 0 Å². The minimum absolute atomic E-state index is 0.291. The highest BCUT2D eigenvalue weighted by Crippen LogP contribution is 2.07. The van der Waals surface area contributed by atoms with Crippen molar-refractivity contribution in [2.75, 3.05) is 0 Å². The molecule has 1 radical (unpaired) electrons. The van der Waals surface area contributed by atoms with E-state index in [1.54, 1.807) is 6.07 Å². The molecule has 2 N–H and O–H groups in total. The van der Waals surface area contributed by atoms with Gasteiger partial charge in [-0.3, -0.25) is 4.72 Å². The molecule has 0 saturated heterocycles. The van der Waals surface area contributed by atoms with Gasteiger partial charge in [-0.2, -0.15) is 0 Å². The Labute approximate surface area is 86.1 Å². The molecule has 0 amide bonds. The summed E-state index contributed by atoms with van der Waals surface area (Å²) >= 11 is 3.86. The molecule has 13 heavy (non-hydrogen) atoms. The molecule has 0 fully saturated rings. The molecular weight excluding hydrogens is 208 g/mol. The average Bonchev–Trinajstić information content (AvgIpc) is 2.17. The van der Waals surface area contributed by atoms with Crippen LogP contribution in [0.4, 0.5) is 4.39 Å². The predicted molar refractivity (Wildman–Crippen MR) is 57.4 cm³/mol. The number of hydrogen-bond donors (Lipinski definition) is 3. The molecule has 0 heterocycles. The van der Waals surface area contributed by atoms with Gasteiger partial charge in [-0.1, -0.05) is 29.3 Å². The lowest BCUT2D eigenvalue weighted by molar-refractivity contribution is 0.606. The first-order chi connectivity index (χ1) is 6.27. The maximum absolute atomic E-state index is 13.1. The van der Waals surface area contributed by atoms with Gasteiger partial charge in [0.2, 0.25) is 0 Å². The normalized spacial score (nSPS) is 10.1. The maximum Gasteiger partial charge on any atom is 0.326 e. The van der Waals surface area contributed by atoms with E-state index in [0.29, 0.717) is 17.6 Å². The third-order valence-electron chi connectivity index (χ3n) is 1.55. The van der Waals surface area contributed by atoms with E-state index in [1.165, 1.54) is 12.1 Å². The number of rotatable bonds is 4. The van der Waals surface area contributed by atoms with Crippen LogP contribution in [0, 0.1) is 5.82 Å². The maximum atomic E-state index is 13.1. The van der Waals surface area contributed by atoms with E-state index in [4.69, 9.17) is 5.02 Å². The number of benzene rings is 1. The van der Waals surface area contributed by atoms with Crippen LogP contribution in [0.2, 0.25) is 0 Å². The molecular formula is C7H8BFNOS2. The highest BCUT2D eigenvalue weighted by molar-refractivity contribution is 8.67. The second-order valence-corrected chi connectivity index (χ2v) is 3.41. The van der Waals surface area contributed by atoms with Gasteiger partial charge in [-0.05, 0) is 17.0 Å². The van der Waals surface area contributed by atoms with Gasteiger partial charge in [0, 0.05) is 12.1 Å². The molecule has 0 atom stereocenters. The van der Waals surface area contributed by atoms with E-state index >= 15 is 0 Å². The van der Waals surface area contributed by atoms with Crippen molar-refractivity contribution in [1.29, 1.82) is 0 Å². The zero-order valence-corrected chi connectivity index (χ0v) is 8.41. The molecule has 0 aromatic heterocycles. The molecule has 69 valence electrons. The van der Waals surface area contributed by atoms with Crippen molar-refractivity contribution < 1.29 is 9.41 Å². The lowest BCUT2D eigenvalue weighted by atomic mass is 9.87. The molecule has 1 aromatic rings. The Hall–Kier alpha value is -0.165. The molecule has 1 aromatic carbocycles. The van der Waals surface area contributed by atoms with Gasteiger partial charge < -0.3 is 5.02 Å². The van der Waals surface area contributed by atoms with Crippen molar-refractivity contribution in [3.05, 3.63) is 29.6 Å². The molecule has 0 aliphatic rings. The van der Waals surface area contributed by atoms with E-state index in [0.717, 1.165) is 18.5 Å². The van der Waals surface area contributed by atoms with Crippen molar-refractivity contribution in [2.45, 2.75) is 6.54 Å². The SMILES string of the molecule is O[B]c1ccc(F)c(CNSS)c1. The summed E-state index contributed by atoms with van der Waals surface area (Å²) in [5, 5.41) is 8.69. The lowest BCUT2D eigenvalue weighted by Gasteiger charge is -2.04. The van der Waals surface area contributed by atoms with Crippen LogP contribution in [-0.4, -0.2) is 12.5 Å². The monoisotopic (exact) mass is 216 g/mol. The van der Waals surface area contributed by atoms with Crippen LogP contribution in [0.15, 0.2) is 18.2 Å². The molecule has 1 rings (SSSR count). The fraction of sp³-hybridized carbons (Fsp3) is 0.143. The number of thiol groups is 1. The summed E-state index contributed by atoms with van der Waals surface area (Å²) in [7, 11) is 2.06. The summed E-state index contributed by atoms with van der Waals surface area (Å²) in [6.07, 6.45) is 0. The Morgan fingerprint density at radius 3 is 3.00 bits per heavy atom. The molecule has 0 aliphatic carbocycles. The molecule has 6 heteroatoms. The summed E-state index contributed by atoms with van der Waals surface area (Å²) in [6.45, 7) is 0.377. The van der Waals surface area contributed by atoms with Crippen LogP contribution in [0.5, 0.6) is 0 Å². The Balaban J connectivity index is 2.78. The largest absolute Gasteiger partial charge is 0.450 e. The van der Waals surface area contributed by atoms with Crippen molar-refractivity contribution in [3.63, 3.8) is 0 Å². The minimum atomic E-state index is -0.291. The van der Waals surface area contributed by atoms with Gasteiger partial charge in [-0.25, -0.2) is 4.39 Å². The van der Waals surface area contributed by atoms with E-state index < -0.39 is 0 Å². The van der Waals surface area contributed by atoms with Crippen LogP contribution in [0.25, 0.3) is 0 Å². The summed E-state index contributed by atoms with van der Waals surface area (Å²) in [4.78, 5) is 0. The standard InChI is InChI=1S/C7H8BFNOS2/c9-7-2-1-6(8-11)3-5(7)4-10-13-12/h1-3,10-12H,4H2. The van der Waals surface area contributed by atoms with Gasteiger partial charge in [0.15, 0.2) is 0 Å². The second kappa shape index (κ2) is 5.54. The Morgan fingerprint density at radius 1 is 1.62 bits per heavy atom. The van der Waals surface area contributed by atoms with Crippen LogP contribution in [0.3, 0.4) is 0 Å². The van der Waals surface area contributed by atoms with E-state index in [-0.39, 0.29) is 5.82 Å². The molecule has 0 unspecified atom stereocenters. The van der Waals surface area contributed by atoms with Crippen molar-refractivity contribution >= 4 is 35.6 Å². The number of hydrogen-bond acceptors (Lipinski definition) is 4. The number of nitrogens with one attached hydrogen (secondary N) is 1. The van der Waals surface area contributed by atoms with Crippen molar-refractivity contribution in [1.82, 2.24) is 4.72 Å². The van der Waals surface area contributed by atoms with Crippen LogP contribution >= 0.6 is 22.6 Å². The summed E-state index contributed by atoms with van der Waals surface area (Å²) in [5.74, 6) is -0.291. The van der Waals surface area contributed by atoms with Crippen LogP contribution < -0.4 is 10.2 Å². The summed E-state index contributed by atoms with van der Waals surface area (Å²) in [6, 6.07) is 4.40. The first-order valence-electron chi connectivity index (χ1n) is 3.57. The van der Waals surface area contributed by atoms with Gasteiger partial charge in [0.25, 0.3) is 0 Å². The fourth-order valence-electron chi connectivity index (χ4n) is 0.920. The lowest BCUT2D eigenvalue weighted by Crippen LogP contribution is -2.16. The van der Waals surface area contributed by atoms with Gasteiger partial charge in [0.05, 0.1) is 0 Å². The number of halogens is 1. The molecule has 2 nitrogen and oxygen atoms in total. The third-order valence-corrected chi connectivity index (χ3v) is 2.21. The van der Waals surface area contributed by atoms with Crippen molar-refractivity contribution in [2.24, 2.45) is 0 Å².